The van der Waals surface area contributed by atoms with Crippen molar-refractivity contribution in [2.45, 2.75) is 18.9 Å². The number of nitrogens with zero attached hydrogens (tertiary/aromatic N) is 2. The summed E-state index contributed by atoms with van der Waals surface area (Å²) in [7, 11) is 0. The molecular weight excluding hydrogens is 206 g/mol. The van der Waals surface area contributed by atoms with Crippen LogP contribution < -0.4 is 5.73 Å². The molecule has 2 N–H and O–H groups in total. The Bertz CT molecular complexity index is 241. The topological polar surface area (TPSA) is 58.8 Å². The van der Waals surface area contributed by atoms with Gasteiger partial charge in [-0.25, -0.2) is 0 Å². The Balaban J connectivity index is 1.72. The maximum Gasteiger partial charge on any atom is 0.218 e. The quantitative estimate of drug-likeness (QED) is 0.688. The molecule has 0 saturated carbocycles. The van der Waals surface area contributed by atoms with Crippen molar-refractivity contribution in [3.8, 4) is 0 Å². The Morgan fingerprint density at radius 3 is 2.75 bits per heavy atom. The Morgan fingerprint density at radius 1 is 1.31 bits per heavy atom. The van der Waals surface area contributed by atoms with E-state index in [4.69, 9.17) is 10.5 Å². The molecule has 0 radical (unpaired) electrons. The smallest absolute Gasteiger partial charge is 0.218 e. The highest BCUT2D eigenvalue weighted by molar-refractivity contribution is 5.73. The number of hydrogen-bond donors (Lipinski definition) is 1. The molecule has 1 amide bonds. The number of carbonyl (C=O) groups excluding carboxylic acids is 1. The summed E-state index contributed by atoms with van der Waals surface area (Å²) in [5.41, 5.74) is 5.16. The van der Waals surface area contributed by atoms with Crippen molar-refractivity contribution in [1.82, 2.24) is 9.80 Å². The van der Waals surface area contributed by atoms with Gasteiger partial charge in [-0.1, -0.05) is 0 Å². The van der Waals surface area contributed by atoms with Crippen LogP contribution in [0.4, 0.5) is 0 Å². The number of rotatable bonds is 4. The van der Waals surface area contributed by atoms with Crippen LogP contribution in [0, 0.1) is 0 Å². The summed E-state index contributed by atoms with van der Waals surface area (Å²) in [6.45, 7) is 6.80. The third-order valence-electron chi connectivity index (χ3n) is 3.48. The van der Waals surface area contributed by atoms with Gasteiger partial charge < -0.3 is 15.4 Å². The second-order valence-corrected chi connectivity index (χ2v) is 4.61. The van der Waals surface area contributed by atoms with E-state index in [1.807, 2.05) is 0 Å². The Hall–Kier alpha value is -0.650. The zero-order chi connectivity index (χ0) is 11.4. The van der Waals surface area contributed by atoms with Crippen molar-refractivity contribution in [3.63, 3.8) is 0 Å². The molecule has 0 aromatic carbocycles. The minimum Gasteiger partial charge on any atom is -0.379 e. The molecule has 2 aliphatic rings. The predicted molar refractivity (Wildman–Crippen MR) is 61.0 cm³/mol. The molecular formula is C11H21N3O2. The van der Waals surface area contributed by atoms with Crippen LogP contribution in [0.2, 0.25) is 0 Å². The number of likely N-dealkylation sites (tertiary alicyclic amines) is 1. The van der Waals surface area contributed by atoms with Crippen LogP contribution in [-0.2, 0) is 9.53 Å². The average Bonchev–Trinajstić information content (AvgIpc) is 2.76. The van der Waals surface area contributed by atoms with Gasteiger partial charge in [-0.15, -0.1) is 0 Å². The first-order valence-corrected chi connectivity index (χ1v) is 6.08. The maximum absolute atomic E-state index is 10.7. The van der Waals surface area contributed by atoms with Gasteiger partial charge in [-0.2, -0.15) is 0 Å². The van der Waals surface area contributed by atoms with Crippen LogP contribution in [0.25, 0.3) is 0 Å². The number of ether oxygens (including phenoxy) is 1. The third kappa shape index (κ3) is 3.17. The van der Waals surface area contributed by atoms with Gasteiger partial charge in [0, 0.05) is 38.6 Å². The van der Waals surface area contributed by atoms with Gasteiger partial charge in [0.2, 0.25) is 5.91 Å². The zero-order valence-corrected chi connectivity index (χ0v) is 9.73. The van der Waals surface area contributed by atoms with E-state index >= 15 is 0 Å². The highest BCUT2D eigenvalue weighted by Crippen LogP contribution is 2.16. The van der Waals surface area contributed by atoms with E-state index in [0.717, 1.165) is 45.9 Å². The molecule has 2 fully saturated rings. The summed E-state index contributed by atoms with van der Waals surface area (Å²) in [6.07, 6.45) is 1.69. The van der Waals surface area contributed by atoms with E-state index in [1.54, 1.807) is 0 Å². The summed E-state index contributed by atoms with van der Waals surface area (Å²) in [5, 5.41) is 0. The average molecular weight is 227 g/mol. The fourth-order valence-corrected chi connectivity index (χ4v) is 2.52. The molecule has 1 atom stereocenters. The van der Waals surface area contributed by atoms with Crippen LogP contribution in [0.1, 0.15) is 12.8 Å². The van der Waals surface area contributed by atoms with Gasteiger partial charge in [0.25, 0.3) is 0 Å². The summed E-state index contributed by atoms with van der Waals surface area (Å²) in [4.78, 5) is 15.6. The fourth-order valence-electron chi connectivity index (χ4n) is 2.52. The molecule has 0 aromatic heterocycles. The molecule has 2 saturated heterocycles. The van der Waals surface area contributed by atoms with E-state index < -0.39 is 0 Å². The minimum atomic E-state index is -0.199. The van der Waals surface area contributed by atoms with Crippen molar-refractivity contribution in [3.05, 3.63) is 0 Å². The molecule has 2 rings (SSSR count). The predicted octanol–water partition coefficient (Wildman–Crippen LogP) is -0.732. The molecule has 2 heterocycles. The van der Waals surface area contributed by atoms with Gasteiger partial charge in [0.1, 0.15) is 0 Å². The highest BCUT2D eigenvalue weighted by Gasteiger charge is 2.28. The minimum absolute atomic E-state index is 0.199. The molecule has 5 nitrogen and oxygen atoms in total. The second kappa shape index (κ2) is 5.61. The lowest BCUT2D eigenvalue weighted by Gasteiger charge is -2.32. The lowest BCUT2D eigenvalue weighted by molar-refractivity contribution is -0.118. The molecule has 0 bridgehead atoms. The van der Waals surface area contributed by atoms with E-state index in [-0.39, 0.29) is 5.91 Å². The van der Waals surface area contributed by atoms with Gasteiger partial charge >= 0.3 is 0 Å². The van der Waals surface area contributed by atoms with Crippen molar-refractivity contribution >= 4 is 5.91 Å². The standard InChI is InChI=1S/C11H21N3O2/c12-11(15)2-4-13-3-1-10(9-13)14-5-7-16-8-6-14/h10H,1-9H2,(H2,12,15). The van der Waals surface area contributed by atoms with Crippen LogP contribution >= 0.6 is 0 Å². The lowest BCUT2D eigenvalue weighted by atomic mass is 10.2. The van der Waals surface area contributed by atoms with Crippen molar-refractivity contribution in [1.29, 1.82) is 0 Å². The summed E-state index contributed by atoms with van der Waals surface area (Å²) in [5.74, 6) is -0.199. The molecule has 5 heteroatoms. The third-order valence-corrected chi connectivity index (χ3v) is 3.48. The monoisotopic (exact) mass is 227 g/mol. The molecule has 0 aliphatic carbocycles. The fraction of sp³-hybridized carbons (Fsp3) is 0.909. The molecule has 0 spiro atoms. The number of morpholine rings is 1. The Kier molecular flexibility index (Phi) is 4.15. The highest BCUT2D eigenvalue weighted by atomic mass is 16.5. The Labute approximate surface area is 96.5 Å². The zero-order valence-electron chi connectivity index (χ0n) is 9.73. The molecule has 1 unspecified atom stereocenters. The summed E-state index contributed by atoms with van der Waals surface area (Å²) < 4.78 is 5.35. The van der Waals surface area contributed by atoms with Gasteiger partial charge in [-0.05, 0) is 13.0 Å². The van der Waals surface area contributed by atoms with E-state index in [9.17, 15) is 4.79 Å². The van der Waals surface area contributed by atoms with E-state index in [0.29, 0.717) is 12.5 Å². The van der Waals surface area contributed by atoms with Crippen LogP contribution in [0.15, 0.2) is 0 Å². The van der Waals surface area contributed by atoms with Gasteiger partial charge in [-0.3, -0.25) is 9.69 Å². The van der Waals surface area contributed by atoms with Crippen molar-refractivity contribution in [2.75, 3.05) is 45.9 Å². The molecule has 2 aliphatic heterocycles. The maximum atomic E-state index is 10.7. The van der Waals surface area contributed by atoms with Crippen molar-refractivity contribution in [2.24, 2.45) is 5.73 Å². The first kappa shape index (κ1) is 11.8. The van der Waals surface area contributed by atoms with Gasteiger partial charge in [0.15, 0.2) is 0 Å². The van der Waals surface area contributed by atoms with Gasteiger partial charge in [0.05, 0.1) is 13.2 Å². The number of amides is 1. The van der Waals surface area contributed by atoms with Crippen LogP contribution in [0.3, 0.4) is 0 Å². The van der Waals surface area contributed by atoms with E-state index in [1.165, 1.54) is 6.42 Å². The SMILES string of the molecule is NC(=O)CCN1CCC(N2CCOCC2)C1. The number of carbonyl (C=O) groups is 1. The second-order valence-electron chi connectivity index (χ2n) is 4.61. The van der Waals surface area contributed by atoms with E-state index in [2.05, 4.69) is 9.80 Å². The Morgan fingerprint density at radius 2 is 2.06 bits per heavy atom. The first-order valence-electron chi connectivity index (χ1n) is 6.08. The lowest BCUT2D eigenvalue weighted by Crippen LogP contribution is -2.44. The first-order chi connectivity index (χ1) is 7.75. The van der Waals surface area contributed by atoms with Crippen LogP contribution in [-0.4, -0.2) is 67.7 Å². The summed E-state index contributed by atoms with van der Waals surface area (Å²) >= 11 is 0. The number of hydrogen-bond acceptors (Lipinski definition) is 4. The normalized spacial score (nSPS) is 28.4. The number of primary amides is 1. The summed E-state index contributed by atoms with van der Waals surface area (Å²) in [6, 6.07) is 0.650. The molecule has 0 aromatic rings. The largest absolute Gasteiger partial charge is 0.379 e. The molecule has 16 heavy (non-hydrogen) atoms. The van der Waals surface area contributed by atoms with Crippen molar-refractivity contribution < 1.29 is 9.53 Å². The van der Waals surface area contributed by atoms with Crippen LogP contribution in [0.5, 0.6) is 0 Å². The number of nitrogens with two attached hydrogens (primary N) is 1. The molecule has 92 valence electrons.